The van der Waals surface area contributed by atoms with Gasteiger partial charge in [-0.3, -0.25) is 0 Å². The van der Waals surface area contributed by atoms with E-state index >= 15 is 0 Å². The van der Waals surface area contributed by atoms with Gasteiger partial charge in [0.15, 0.2) is 0 Å². The maximum atomic E-state index is 2.57. The van der Waals surface area contributed by atoms with Crippen LogP contribution in [-0.2, 0) is 16.6 Å². The van der Waals surface area contributed by atoms with E-state index in [4.69, 9.17) is 0 Å². The van der Waals surface area contributed by atoms with Crippen molar-refractivity contribution in [1.82, 2.24) is 0 Å². The summed E-state index contributed by atoms with van der Waals surface area (Å²) in [5.41, 5.74) is 14.9. The molecule has 9 rings (SSSR count). The summed E-state index contributed by atoms with van der Waals surface area (Å²) in [5.74, 6) is 0. The molecule has 0 bridgehead atoms. The maximum absolute atomic E-state index is 2.57. The molecule has 1 saturated heterocycles. The van der Waals surface area contributed by atoms with Crippen molar-refractivity contribution >= 4 is 33.7 Å². The van der Waals surface area contributed by atoms with Gasteiger partial charge in [-0.05, 0) is 0 Å². The standard InChI is InChI=1S/2C20H15.C3H6.2ClH.Ti/c2*1-14-12-16-8-5-11-19(20(16)13-14)18-10-4-7-15-6-2-3-9-17(15)18;1-3-2;;;/h2*2-13H,1H3;1-3H2;2*1H;/q;;;;;+2/p-2. The number of hydrogen-bond acceptors (Lipinski definition) is 0. The quantitative estimate of drug-likeness (QED) is 0.192. The van der Waals surface area contributed by atoms with E-state index in [0.29, 0.717) is 8.45 Å². The average molecular weight is 672 g/mol. The second kappa shape index (κ2) is 12.0. The predicted octanol–water partition coefficient (Wildman–Crippen LogP) is 6.35. The van der Waals surface area contributed by atoms with Crippen LogP contribution in [0.5, 0.6) is 0 Å². The molecule has 226 valence electrons. The van der Waals surface area contributed by atoms with Crippen LogP contribution < -0.4 is 24.8 Å². The summed E-state index contributed by atoms with van der Waals surface area (Å²) in [7, 11) is 0. The fraction of sp³-hybridized carbons (Fsp3) is 0.163. The number of benzene rings is 6. The van der Waals surface area contributed by atoms with E-state index in [1.165, 1.54) is 70.8 Å². The van der Waals surface area contributed by atoms with E-state index in [2.05, 4.69) is 147 Å². The van der Waals surface area contributed by atoms with Crippen molar-refractivity contribution in [2.45, 2.75) is 38.2 Å². The fourth-order valence-electron chi connectivity index (χ4n) is 9.35. The van der Waals surface area contributed by atoms with Gasteiger partial charge in [-0.25, -0.2) is 0 Å². The molecule has 2 atom stereocenters. The molecule has 0 spiro atoms. The molecule has 0 aromatic heterocycles. The first-order chi connectivity index (χ1) is 21.6. The Morgan fingerprint density at radius 3 is 1.28 bits per heavy atom. The van der Waals surface area contributed by atoms with E-state index in [1.807, 2.05) is 0 Å². The Morgan fingerprint density at radius 1 is 0.457 bits per heavy atom. The van der Waals surface area contributed by atoms with Gasteiger partial charge >= 0.3 is 265 Å². The molecule has 3 aliphatic rings. The molecular weight excluding hydrogens is 635 g/mol. The monoisotopic (exact) mass is 670 g/mol. The van der Waals surface area contributed by atoms with Crippen molar-refractivity contribution < 1.29 is 41.4 Å². The van der Waals surface area contributed by atoms with Crippen LogP contribution in [0, 0.1) is 0 Å². The van der Waals surface area contributed by atoms with Gasteiger partial charge < -0.3 is 24.8 Å². The molecule has 3 heteroatoms. The molecule has 1 heterocycles. The Morgan fingerprint density at radius 2 is 0.848 bits per heavy atom. The van der Waals surface area contributed by atoms with Gasteiger partial charge in [0.25, 0.3) is 0 Å². The molecule has 1 aliphatic heterocycles. The third-order valence-electron chi connectivity index (χ3n) is 11.2. The zero-order chi connectivity index (χ0) is 29.4. The molecule has 1 fully saturated rings. The van der Waals surface area contributed by atoms with Crippen molar-refractivity contribution in [3.63, 3.8) is 0 Å². The first-order valence-corrected chi connectivity index (χ1v) is 20.2. The van der Waals surface area contributed by atoms with Crippen LogP contribution in [0.1, 0.15) is 51.0 Å². The van der Waals surface area contributed by atoms with Crippen LogP contribution >= 0.6 is 0 Å². The Labute approximate surface area is 288 Å². The molecular formula is C43H36Cl2Ti. The van der Waals surface area contributed by atoms with E-state index in [9.17, 15) is 0 Å². The van der Waals surface area contributed by atoms with Gasteiger partial charge in [0.05, 0.1) is 0 Å². The van der Waals surface area contributed by atoms with Crippen LogP contribution in [0.2, 0.25) is 9.45 Å². The minimum atomic E-state index is -2.50. The molecule has 6 aromatic rings. The van der Waals surface area contributed by atoms with Crippen LogP contribution in [-0.4, -0.2) is 0 Å². The van der Waals surface area contributed by atoms with Gasteiger partial charge in [-0.15, -0.1) is 0 Å². The van der Waals surface area contributed by atoms with Crippen molar-refractivity contribution in [3.05, 3.63) is 155 Å². The molecule has 2 aliphatic carbocycles. The summed E-state index contributed by atoms with van der Waals surface area (Å²) in [6, 6.07) is 45.6. The van der Waals surface area contributed by atoms with E-state index in [1.54, 1.807) is 22.3 Å². The molecule has 0 nitrogen and oxygen atoms in total. The average Bonchev–Trinajstić information content (AvgIpc) is 3.56. The molecule has 6 aromatic carbocycles. The molecule has 0 amide bonds. The Bertz CT molecular complexity index is 2040. The molecule has 0 N–H and O–H groups in total. The first kappa shape index (κ1) is 31.2. The minimum Gasteiger partial charge on any atom is -1.00 e. The first-order valence-electron chi connectivity index (χ1n) is 16.2. The third-order valence-corrected chi connectivity index (χ3v) is 21.1. The number of fused-ring (bicyclic) bond motifs is 4. The SMILES string of the molecule is CC1=Cc2c(-c3cccc4ccccc34)cccc2[CH]1[Ti+2]1([CH]2C(C)=Cc3c(-c4cccc5ccccc45)cccc32)[CH2]C[CH2]1.[Cl-].[Cl-]. The van der Waals surface area contributed by atoms with Gasteiger partial charge in [0, 0.05) is 0 Å². The van der Waals surface area contributed by atoms with Crippen molar-refractivity contribution in [3.8, 4) is 22.3 Å². The number of allylic oxidation sites excluding steroid dienone is 2. The second-order valence-corrected chi connectivity index (χ2v) is 20.6. The van der Waals surface area contributed by atoms with E-state index in [0.717, 1.165) is 0 Å². The topological polar surface area (TPSA) is 0 Å². The van der Waals surface area contributed by atoms with Crippen LogP contribution in [0.25, 0.3) is 56.0 Å². The zero-order valence-electron chi connectivity index (χ0n) is 26.2. The van der Waals surface area contributed by atoms with Crippen LogP contribution in [0.15, 0.2) is 132 Å². The number of rotatable bonds is 4. The predicted molar refractivity (Wildman–Crippen MR) is 186 cm³/mol. The molecule has 2 unspecified atom stereocenters. The van der Waals surface area contributed by atoms with E-state index < -0.39 is 16.6 Å². The van der Waals surface area contributed by atoms with E-state index in [-0.39, 0.29) is 24.8 Å². The van der Waals surface area contributed by atoms with Crippen molar-refractivity contribution in [1.29, 1.82) is 0 Å². The Kier molecular flexibility index (Phi) is 8.15. The number of hydrogen-bond donors (Lipinski definition) is 0. The van der Waals surface area contributed by atoms with Crippen LogP contribution in [0.3, 0.4) is 0 Å². The Balaban J connectivity index is 0.00000169. The normalized spacial score (nSPS) is 18.2. The fourth-order valence-corrected chi connectivity index (χ4v) is 19.3. The number of halogens is 2. The summed E-state index contributed by atoms with van der Waals surface area (Å²) >= 11 is -2.50. The minimum absolute atomic E-state index is 0. The summed E-state index contributed by atoms with van der Waals surface area (Å²) in [5, 5.41) is 5.33. The zero-order valence-corrected chi connectivity index (χ0v) is 29.3. The Hall–Kier alpha value is -3.39. The smallest absolute Gasteiger partial charge is 1.00 e. The van der Waals surface area contributed by atoms with Crippen molar-refractivity contribution in [2.24, 2.45) is 0 Å². The third kappa shape index (κ3) is 4.53. The summed E-state index contributed by atoms with van der Waals surface area (Å²) in [6.07, 6.45) is 6.54. The molecule has 0 radical (unpaired) electrons. The van der Waals surface area contributed by atoms with Gasteiger partial charge in [-0.1, -0.05) is 0 Å². The van der Waals surface area contributed by atoms with Crippen LogP contribution in [0.4, 0.5) is 0 Å². The summed E-state index contributed by atoms with van der Waals surface area (Å²) < 4.78 is 4.16. The second-order valence-electron chi connectivity index (χ2n) is 13.4. The summed E-state index contributed by atoms with van der Waals surface area (Å²) in [4.78, 5) is 0. The maximum Gasteiger partial charge on any atom is -1.00 e. The molecule has 0 saturated carbocycles. The largest absolute Gasteiger partial charge is 1.00 e. The summed E-state index contributed by atoms with van der Waals surface area (Å²) in [6.45, 7) is 4.90. The van der Waals surface area contributed by atoms with Gasteiger partial charge in [0.1, 0.15) is 0 Å². The molecule has 46 heavy (non-hydrogen) atoms. The van der Waals surface area contributed by atoms with Gasteiger partial charge in [0.2, 0.25) is 0 Å². The van der Waals surface area contributed by atoms with Crippen molar-refractivity contribution in [2.75, 3.05) is 0 Å². The van der Waals surface area contributed by atoms with Gasteiger partial charge in [-0.2, -0.15) is 0 Å².